The number of hydrogen-bond donors (Lipinski definition) is 3. The Kier molecular flexibility index (Phi) is 7.34. The van der Waals surface area contributed by atoms with Crippen LogP contribution in [0.25, 0.3) is 11.1 Å². The molecule has 0 radical (unpaired) electrons. The van der Waals surface area contributed by atoms with Crippen molar-refractivity contribution in [3.8, 4) is 11.1 Å². The van der Waals surface area contributed by atoms with Crippen molar-refractivity contribution in [2.24, 2.45) is 5.41 Å². The van der Waals surface area contributed by atoms with Crippen molar-refractivity contribution in [1.82, 2.24) is 10.6 Å². The zero-order chi connectivity index (χ0) is 25.1. The van der Waals surface area contributed by atoms with Gasteiger partial charge in [0.15, 0.2) is 0 Å². The molecule has 0 saturated carbocycles. The number of carbonyl (C=O) groups is 3. The highest BCUT2D eigenvalue weighted by Gasteiger charge is 2.45. The lowest BCUT2D eigenvalue weighted by Crippen LogP contribution is -2.60. The van der Waals surface area contributed by atoms with E-state index in [-0.39, 0.29) is 12.5 Å². The van der Waals surface area contributed by atoms with E-state index >= 15 is 0 Å². The van der Waals surface area contributed by atoms with E-state index in [1.54, 1.807) is 27.7 Å². The molecule has 1 atom stereocenters. The second-order valence-corrected chi connectivity index (χ2v) is 9.86. The molecule has 0 aliphatic heterocycles. The Morgan fingerprint density at radius 1 is 0.971 bits per heavy atom. The third-order valence-electron chi connectivity index (χ3n) is 7.06. The van der Waals surface area contributed by atoms with Gasteiger partial charge < -0.3 is 20.5 Å². The van der Waals surface area contributed by atoms with Gasteiger partial charge in [-0.25, -0.2) is 4.79 Å². The van der Waals surface area contributed by atoms with Crippen LogP contribution in [0.2, 0.25) is 0 Å². The molecule has 2 aromatic rings. The van der Waals surface area contributed by atoms with Gasteiger partial charge in [0.05, 0.1) is 11.0 Å². The highest BCUT2D eigenvalue weighted by Crippen LogP contribution is 2.44. The van der Waals surface area contributed by atoms with Gasteiger partial charge in [-0.2, -0.15) is 0 Å². The normalized spacial score (nSPS) is 14.0. The van der Waals surface area contributed by atoms with E-state index in [0.717, 1.165) is 22.3 Å². The summed E-state index contributed by atoms with van der Waals surface area (Å²) >= 11 is 0. The highest BCUT2D eigenvalue weighted by atomic mass is 16.5. The summed E-state index contributed by atoms with van der Waals surface area (Å²) in [6.07, 6.45) is 0.384. The molecule has 0 heterocycles. The van der Waals surface area contributed by atoms with E-state index in [0.29, 0.717) is 12.8 Å². The maximum Gasteiger partial charge on any atom is 0.407 e. The second kappa shape index (κ2) is 9.87. The molecule has 2 aromatic carbocycles. The summed E-state index contributed by atoms with van der Waals surface area (Å²) < 4.78 is 5.58. The molecule has 3 N–H and O–H groups in total. The minimum absolute atomic E-state index is 0.0769. The third-order valence-corrected chi connectivity index (χ3v) is 7.06. The Labute approximate surface area is 200 Å². The average molecular weight is 467 g/mol. The molecule has 182 valence electrons. The lowest BCUT2D eigenvalue weighted by molar-refractivity contribution is -0.152. The van der Waals surface area contributed by atoms with E-state index in [1.807, 2.05) is 43.3 Å². The molecular formula is C27H34N2O5. The summed E-state index contributed by atoms with van der Waals surface area (Å²) in [5.41, 5.74) is 2.25. The second-order valence-electron chi connectivity index (χ2n) is 9.86. The smallest absolute Gasteiger partial charge is 0.407 e. The predicted octanol–water partition coefficient (Wildman–Crippen LogP) is 4.70. The molecule has 0 saturated heterocycles. The zero-order valence-corrected chi connectivity index (χ0v) is 20.5. The van der Waals surface area contributed by atoms with Gasteiger partial charge in [0, 0.05) is 5.92 Å². The van der Waals surface area contributed by atoms with Gasteiger partial charge in [-0.3, -0.25) is 9.59 Å². The van der Waals surface area contributed by atoms with Crippen molar-refractivity contribution in [3.63, 3.8) is 0 Å². The lowest BCUT2D eigenvalue weighted by atomic mass is 9.74. The van der Waals surface area contributed by atoms with Crippen LogP contribution in [-0.2, 0) is 14.3 Å². The summed E-state index contributed by atoms with van der Waals surface area (Å²) in [6.45, 7) is 8.50. The molecule has 0 unspecified atom stereocenters. The Morgan fingerprint density at radius 3 is 2.00 bits per heavy atom. The van der Waals surface area contributed by atoms with Crippen molar-refractivity contribution < 1.29 is 24.2 Å². The van der Waals surface area contributed by atoms with Crippen LogP contribution in [0, 0.1) is 5.41 Å². The maximum absolute atomic E-state index is 13.0. The quantitative estimate of drug-likeness (QED) is 0.497. The number of carboxylic acid groups (broad SMARTS) is 1. The first-order valence-corrected chi connectivity index (χ1v) is 11.7. The van der Waals surface area contributed by atoms with Gasteiger partial charge in [-0.15, -0.1) is 0 Å². The minimum atomic E-state index is -1.21. The Bertz CT molecular complexity index is 1030. The molecule has 7 heteroatoms. The number of carboxylic acids is 1. The van der Waals surface area contributed by atoms with Gasteiger partial charge >= 0.3 is 12.1 Å². The van der Waals surface area contributed by atoms with Crippen LogP contribution in [0.3, 0.4) is 0 Å². The fourth-order valence-corrected chi connectivity index (χ4v) is 4.16. The molecule has 1 aliphatic carbocycles. The molecular weight excluding hydrogens is 432 g/mol. The number of hydrogen-bond acceptors (Lipinski definition) is 4. The van der Waals surface area contributed by atoms with E-state index in [2.05, 4.69) is 22.8 Å². The number of fused-ring (bicyclic) bond motifs is 3. The molecule has 7 nitrogen and oxygen atoms in total. The van der Waals surface area contributed by atoms with Crippen LogP contribution < -0.4 is 10.6 Å². The molecule has 0 spiro atoms. The number of carbonyl (C=O) groups excluding carboxylic acids is 2. The fraction of sp³-hybridized carbons (Fsp3) is 0.444. The first-order chi connectivity index (χ1) is 16.0. The lowest BCUT2D eigenvalue weighted by Gasteiger charge is -2.39. The van der Waals surface area contributed by atoms with E-state index in [4.69, 9.17) is 4.74 Å². The van der Waals surface area contributed by atoms with Crippen LogP contribution in [-0.4, -0.2) is 41.3 Å². The van der Waals surface area contributed by atoms with Crippen LogP contribution >= 0.6 is 0 Å². The Hall–Kier alpha value is -3.35. The van der Waals surface area contributed by atoms with Gasteiger partial charge in [0.1, 0.15) is 12.6 Å². The molecule has 2 amide bonds. The van der Waals surface area contributed by atoms with Crippen LogP contribution in [0.5, 0.6) is 0 Å². The average Bonchev–Trinajstić information content (AvgIpc) is 3.10. The monoisotopic (exact) mass is 466 g/mol. The van der Waals surface area contributed by atoms with Crippen molar-refractivity contribution >= 4 is 18.0 Å². The minimum Gasteiger partial charge on any atom is -0.481 e. The summed E-state index contributed by atoms with van der Waals surface area (Å²) in [5, 5.41) is 15.0. The number of amides is 2. The van der Waals surface area contributed by atoms with E-state index in [1.165, 1.54) is 0 Å². The Balaban J connectivity index is 1.67. The van der Waals surface area contributed by atoms with Gasteiger partial charge in [-0.05, 0) is 56.4 Å². The van der Waals surface area contributed by atoms with E-state index in [9.17, 15) is 19.5 Å². The third kappa shape index (κ3) is 4.93. The molecule has 0 fully saturated rings. The number of ether oxygens (including phenoxy) is 1. The van der Waals surface area contributed by atoms with Gasteiger partial charge in [0.2, 0.25) is 5.91 Å². The topological polar surface area (TPSA) is 105 Å². The van der Waals surface area contributed by atoms with Crippen LogP contribution in [0.4, 0.5) is 4.79 Å². The fourth-order valence-electron chi connectivity index (χ4n) is 4.16. The largest absolute Gasteiger partial charge is 0.481 e. The zero-order valence-electron chi connectivity index (χ0n) is 20.5. The van der Waals surface area contributed by atoms with Gasteiger partial charge in [0.25, 0.3) is 0 Å². The summed E-state index contributed by atoms with van der Waals surface area (Å²) in [4.78, 5) is 37.3. The summed E-state index contributed by atoms with van der Waals surface area (Å²) in [6, 6.07) is 15.3. The first-order valence-electron chi connectivity index (χ1n) is 11.7. The molecule has 34 heavy (non-hydrogen) atoms. The number of alkyl carbamates (subject to hydrolysis) is 1. The van der Waals surface area contributed by atoms with Crippen molar-refractivity contribution in [2.75, 3.05) is 6.61 Å². The number of rotatable bonds is 9. The van der Waals surface area contributed by atoms with Crippen molar-refractivity contribution in [1.29, 1.82) is 0 Å². The molecule has 1 aliphatic rings. The number of nitrogens with one attached hydrogen (secondary N) is 2. The molecule has 0 bridgehead atoms. The number of benzene rings is 2. The van der Waals surface area contributed by atoms with Gasteiger partial charge in [-0.1, -0.05) is 61.9 Å². The first kappa shape index (κ1) is 25.3. The molecule has 3 rings (SSSR count). The predicted molar refractivity (Wildman–Crippen MR) is 131 cm³/mol. The maximum atomic E-state index is 13.0. The van der Waals surface area contributed by atoms with Crippen LogP contribution in [0.1, 0.15) is 64.5 Å². The van der Waals surface area contributed by atoms with E-state index < -0.39 is 35.0 Å². The highest BCUT2D eigenvalue weighted by molar-refractivity contribution is 5.87. The SMILES string of the molecule is CCC[C@@H](NC(=O)OCC1c2ccccc2-c2ccccc21)C(=O)NC(C)(C)C(C)(C)C(=O)O. The van der Waals surface area contributed by atoms with Crippen LogP contribution in [0.15, 0.2) is 48.5 Å². The summed E-state index contributed by atoms with van der Waals surface area (Å²) in [5.74, 6) is -1.53. The van der Waals surface area contributed by atoms with Crippen molar-refractivity contribution in [3.05, 3.63) is 59.7 Å². The Morgan fingerprint density at radius 2 is 1.50 bits per heavy atom. The molecule has 0 aromatic heterocycles. The number of aliphatic carboxylic acids is 1. The standard InChI is InChI=1S/C27H34N2O5/c1-6-11-22(23(30)29-27(4,5)26(2,3)24(31)32)28-25(33)34-16-21-19-14-9-7-12-17(19)18-13-8-10-15-20(18)21/h7-10,12-15,21-22H,6,11,16H2,1-5H3,(H,28,33)(H,29,30)(H,31,32)/t22-/m1/s1. The summed E-state index contributed by atoms with van der Waals surface area (Å²) in [7, 11) is 0. The van der Waals surface area contributed by atoms with Crippen molar-refractivity contribution in [2.45, 2.75) is 65.0 Å².